The summed E-state index contributed by atoms with van der Waals surface area (Å²) in [4.78, 5) is 39.6. The third-order valence-electron chi connectivity index (χ3n) is 4.03. The number of nitrogens with zero attached hydrogens (tertiary/aromatic N) is 2. The first-order chi connectivity index (χ1) is 11.9. The van der Waals surface area contributed by atoms with Crippen molar-refractivity contribution in [2.45, 2.75) is 6.92 Å². The fourth-order valence-electron chi connectivity index (χ4n) is 2.78. The molecule has 0 bridgehead atoms. The minimum absolute atomic E-state index is 0.206. The number of hydrogen-bond acceptors (Lipinski definition) is 5. The Morgan fingerprint density at radius 1 is 1.12 bits per heavy atom. The van der Waals surface area contributed by atoms with E-state index in [0.29, 0.717) is 17.1 Å². The molecule has 0 atom stereocenters. The molecule has 3 amide bonds. The van der Waals surface area contributed by atoms with Gasteiger partial charge in [-0.15, -0.1) is 0 Å². The van der Waals surface area contributed by atoms with Crippen molar-refractivity contribution in [3.63, 3.8) is 0 Å². The summed E-state index contributed by atoms with van der Waals surface area (Å²) in [5.74, 6) is -0.784. The molecule has 0 spiro atoms. The quantitative estimate of drug-likeness (QED) is 0.678. The summed E-state index contributed by atoms with van der Waals surface area (Å²) in [6.07, 6.45) is 0. The molecule has 0 saturated carbocycles. The molecule has 0 unspecified atom stereocenters. The van der Waals surface area contributed by atoms with E-state index in [1.807, 2.05) is 0 Å². The minimum atomic E-state index is -0.478. The number of anilines is 2. The number of methoxy groups -OCH3 is 1. The van der Waals surface area contributed by atoms with Gasteiger partial charge in [0, 0.05) is 12.6 Å². The number of rotatable bonds is 4. The van der Waals surface area contributed by atoms with Gasteiger partial charge in [0.2, 0.25) is 5.91 Å². The van der Waals surface area contributed by atoms with Crippen LogP contribution in [0.3, 0.4) is 0 Å². The van der Waals surface area contributed by atoms with Gasteiger partial charge in [0.25, 0.3) is 11.8 Å². The van der Waals surface area contributed by atoms with E-state index in [1.54, 1.807) is 30.3 Å². The van der Waals surface area contributed by atoms with Crippen LogP contribution in [0.1, 0.15) is 27.6 Å². The van der Waals surface area contributed by atoms with Crippen LogP contribution in [0.15, 0.2) is 42.5 Å². The summed E-state index contributed by atoms with van der Waals surface area (Å²) in [5.41, 5.74) is 7.10. The lowest BCUT2D eigenvalue weighted by atomic mass is 10.1. The molecule has 2 aromatic carbocycles. The van der Waals surface area contributed by atoms with Gasteiger partial charge < -0.3 is 10.5 Å². The van der Waals surface area contributed by atoms with Gasteiger partial charge >= 0.3 is 0 Å². The van der Waals surface area contributed by atoms with E-state index in [-0.39, 0.29) is 23.7 Å². The van der Waals surface area contributed by atoms with Gasteiger partial charge in [-0.2, -0.15) is 0 Å². The Bertz CT molecular complexity index is 878. The summed E-state index contributed by atoms with van der Waals surface area (Å²) in [6, 6.07) is 11.5. The highest BCUT2D eigenvalue weighted by molar-refractivity contribution is 6.22. The van der Waals surface area contributed by atoms with E-state index < -0.39 is 11.8 Å². The largest absolute Gasteiger partial charge is 0.495 e. The third kappa shape index (κ3) is 2.80. The highest BCUT2D eigenvalue weighted by atomic mass is 16.5. The highest BCUT2D eigenvalue weighted by Crippen LogP contribution is 2.30. The Hall–Kier alpha value is -3.35. The summed E-state index contributed by atoms with van der Waals surface area (Å²) < 4.78 is 5.27. The van der Waals surface area contributed by atoms with E-state index in [0.717, 1.165) is 4.90 Å². The van der Waals surface area contributed by atoms with Gasteiger partial charge in [0.1, 0.15) is 12.4 Å². The molecule has 1 aliphatic heterocycles. The Morgan fingerprint density at radius 3 is 2.48 bits per heavy atom. The number of nitrogen functional groups attached to an aromatic ring is 1. The van der Waals surface area contributed by atoms with Crippen LogP contribution in [0.2, 0.25) is 0 Å². The number of carbonyl (C=O) groups excluding carboxylic acids is 3. The second-order valence-corrected chi connectivity index (χ2v) is 5.60. The predicted molar refractivity (Wildman–Crippen MR) is 92.4 cm³/mol. The van der Waals surface area contributed by atoms with Crippen molar-refractivity contribution < 1.29 is 19.1 Å². The average Bonchev–Trinajstić information content (AvgIpc) is 2.83. The standard InChI is InChI=1S/C18H17N3O4/c1-11(22)20(15-5-3-4-6-16(15)25-2)10-21-17(23)13-8-7-12(19)9-14(13)18(21)24/h3-9H,10,19H2,1-2H3. The lowest BCUT2D eigenvalue weighted by Gasteiger charge is -2.27. The summed E-state index contributed by atoms with van der Waals surface area (Å²) in [5, 5.41) is 0. The number of para-hydroxylation sites is 2. The van der Waals surface area contributed by atoms with Crippen LogP contribution in [-0.4, -0.2) is 36.4 Å². The van der Waals surface area contributed by atoms with Gasteiger partial charge in [0.15, 0.2) is 0 Å². The Morgan fingerprint density at radius 2 is 1.80 bits per heavy atom. The molecule has 1 heterocycles. The van der Waals surface area contributed by atoms with Crippen molar-refractivity contribution >= 4 is 29.1 Å². The van der Waals surface area contributed by atoms with Crippen LogP contribution in [-0.2, 0) is 4.79 Å². The summed E-state index contributed by atoms with van der Waals surface area (Å²) in [6.45, 7) is 1.16. The Balaban J connectivity index is 1.96. The molecular formula is C18H17N3O4. The van der Waals surface area contributed by atoms with E-state index >= 15 is 0 Å². The summed E-state index contributed by atoms with van der Waals surface area (Å²) >= 11 is 0. The topological polar surface area (TPSA) is 92.9 Å². The van der Waals surface area contributed by atoms with Crippen LogP contribution < -0.4 is 15.4 Å². The Labute approximate surface area is 144 Å². The third-order valence-corrected chi connectivity index (χ3v) is 4.03. The van der Waals surface area contributed by atoms with E-state index in [1.165, 1.54) is 31.1 Å². The number of amides is 3. The van der Waals surface area contributed by atoms with E-state index in [2.05, 4.69) is 0 Å². The number of benzene rings is 2. The van der Waals surface area contributed by atoms with E-state index in [9.17, 15) is 14.4 Å². The molecule has 2 N–H and O–H groups in total. The zero-order valence-corrected chi connectivity index (χ0v) is 13.9. The molecule has 0 radical (unpaired) electrons. The number of ether oxygens (including phenoxy) is 1. The zero-order valence-electron chi connectivity index (χ0n) is 13.9. The van der Waals surface area contributed by atoms with Gasteiger partial charge in [-0.25, -0.2) is 0 Å². The highest BCUT2D eigenvalue weighted by Gasteiger charge is 2.37. The SMILES string of the molecule is COc1ccccc1N(CN1C(=O)c2ccc(N)cc2C1=O)C(C)=O. The van der Waals surface area contributed by atoms with Crippen LogP contribution in [0.4, 0.5) is 11.4 Å². The second-order valence-electron chi connectivity index (χ2n) is 5.60. The fourth-order valence-corrected chi connectivity index (χ4v) is 2.78. The normalized spacial score (nSPS) is 13.0. The van der Waals surface area contributed by atoms with Crippen LogP contribution in [0.25, 0.3) is 0 Å². The molecule has 7 heteroatoms. The molecular weight excluding hydrogens is 322 g/mol. The monoisotopic (exact) mass is 339 g/mol. The lowest BCUT2D eigenvalue weighted by molar-refractivity contribution is -0.116. The molecule has 25 heavy (non-hydrogen) atoms. The van der Waals surface area contributed by atoms with Crippen LogP contribution in [0, 0.1) is 0 Å². The van der Waals surface area contributed by atoms with E-state index in [4.69, 9.17) is 10.5 Å². The van der Waals surface area contributed by atoms with Crippen molar-refractivity contribution in [3.8, 4) is 5.75 Å². The number of nitrogens with two attached hydrogens (primary N) is 1. The molecule has 2 aromatic rings. The molecule has 7 nitrogen and oxygen atoms in total. The smallest absolute Gasteiger partial charge is 0.263 e. The Kier molecular flexibility index (Phi) is 4.14. The van der Waals surface area contributed by atoms with Crippen molar-refractivity contribution in [1.82, 2.24) is 4.90 Å². The molecule has 3 rings (SSSR count). The first-order valence-electron chi connectivity index (χ1n) is 7.61. The molecule has 0 saturated heterocycles. The van der Waals surface area contributed by atoms with Crippen molar-refractivity contribution in [3.05, 3.63) is 53.6 Å². The number of hydrogen-bond donors (Lipinski definition) is 1. The van der Waals surface area contributed by atoms with Gasteiger partial charge in [-0.1, -0.05) is 12.1 Å². The summed E-state index contributed by atoms with van der Waals surface area (Å²) in [7, 11) is 1.49. The molecule has 0 aliphatic carbocycles. The number of imide groups is 1. The maximum absolute atomic E-state index is 12.6. The predicted octanol–water partition coefficient (Wildman–Crippen LogP) is 1.88. The maximum atomic E-state index is 12.6. The van der Waals surface area contributed by atoms with Gasteiger partial charge in [-0.3, -0.25) is 24.2 Å². The molecule has 128 valence electrons. The van der Waals surface area contributed by atoms with Crippen LogP contribution in [0.5, 0.6) is 5.75 Å². The molecule has 0 fully saturated rings. The minimum Gasteiger partial charge on any atom is -0.495 e. The molecule has 1 aliphatic rings. The van der Waals surface area contributed by atoms with Crippen molar-refractivity contribution in [2.24, 2.45) is 0 Å². The lowest BCUT2D eigenvalue weighted by Crippen LogP contribution is -2.43. The maximum Gasteiger partial charge on any atom is 0.263 e. The fraction of sp³-hybridized carbons (Fsp3) is 0.167. The van der Waals surface area contributed by atoms with Crippen molar-refractivity contribution in [1.29, 1.82) is 0 Å². The first kappa shape index (κ1) is 16.5. The number of carbonyl (C=O) groups is 3. The van der Waals surface area contributed by atoms with Crippen molar-refractivity contribution in [2.75, 3.05) is 24.4 Å². The van der Waals surface area contributed by atoms with Gasteiger partial charge in [0.05, 0.1) is 23.9 Å². The second kappa shape index (κ2) is 6.27. The number of fused-ring (bicyclic) bond motifs is 1. The molecule has 0 aromatic heterocycles. The average molecular weight is 339 g/mol. The van der Waals surface area contributed by atoms with Crippen LogP contribution >= 0.6 is 0 Å². The first-order valence-corrected chi connectivity index (χ1v) is 7.61. The zero-order chi connectivity index (χ0) is 18.1. The van der Waals surface area contributed by atoms with Gasteiger partial charge in [-0.05, 0) is 30.3 Å².